The van der Waals surface area contributed by atoms with Gasteiger partial charge in [0.25, 0.3) is 0 Å². The number of pyridine rings is 1. The first-order valence-electron chi connectivity index (χ1n) is 8.49. The fourth-order valence-electron chi connectivity index (χ4n) is 2.88. The van der Waals surface area contributed by atoms with Crippen LogP contribution >= 0.6 is 0 Å². The molecule has 0 aliphatic carbocycles. The summed E-state index contributed by atoms with van der Waals surface area (Å²) in [5.41, 5.74) is 3.95. The van der Waals surface area contributed by atoms with E-state index >= 15 is 0 Å². The van der Waals surface area contributed by atoms with Gasteiger partial charge in [-0.15, -0.1) is 0 Å². The van der Waals surface area contributed by atoms with Crippen molar-refractivity contribution in [3.05, 3.63) is 77.5 Å². The smallest absolute Gasteiger partial charge is 0.339 e. The second kappa shape index (κ2) is 6.92. The van der Waals surface area contributed by atoms with Gasteiger partial charge in [0.2, 0.25) is 5.89 Å². The van der Waals surface area contributed by atoms with Gasteiger partial charge in [-0.2, -0.15) is 0 Å². The Morgan fingerprint density at radius 1 is 1.15 bits per heavy atom. The van der Waals surface area contributed by atoms with Crippen LogP contribution in [0.2, 0.25) is 0 Å². The van der Waals surface area contributed by atoms with Crippen LogP contribution < -0.4 is 5.32 Å². The molecule has 0 amide bonds. The Morgan fingerprint density at radius 3 is 2.74 bits per heavy atom. The highest BCUT2D eigenvalue weighted by molar-refractivity contribution is 6.00. The van der Waals surface area contributed by atoms with Gasteiger partial charge in [0.15, 0.2) is 5.58 Å². The van der Waals surface area contributed by atoms with Gasteiger partial charge in [-0.3, -0.25) is 0 Å². The van der Waals surface area contributed by atoms with Crippen LogP contribution in [0.4, 0.5) is 5.82 Å². The Morgan fingerprint density at radius 2 is 2.00 bits per heavy atom. The molecular weight excluding hydrogens is 342 g/mol. The van der Waals surface area contributed by atoms with Crippen LogP contribution in [0.5, 0.6) is 0 Å². The summed E-state index contributed by atoms with van der Waals surface area (Å²) in [7, 11) is 0. The van der Waals surface area contributed by atoms with E-state index in [-0.39, 0.29) is 11.1 Å². The number of carboxylic acids is 1. The number of aromatic nitrogens is 2. The number of benzene rings is 2. The average Bonchev–Trinajstić information content (AvgIpc) is 3.11. The number of nitrogens with one attached hydrogen (secondary N) is 1. The third-order valence-electron chi connectivity index (χ3n) is 4.21. The van der Waals surface area contributed by atoms with Gasteiger partial charge in [0.1, 0.15) is 16.9 Å². The number of rotatable bonds is 5. The van der Waals surface area contributed by atoms with E-state index in [0.717, 1.165) is 5.82 Å². The number of oxazole rings is 1. The van der Waals surface area contributed by atoms with Gasteiger partial charge < -0.3 is 14.8 Å². The quantitative estimate of drug-likeness (QED) is 0.545. The van der Waals surface area contributed by atoms with E-state index in [1.807, 2.05) is 18.2 Å². The van der Waals surface area contributed by atoms with Crippen LogP contribution in [-0.4, -0.2) is 21.0 Å². The van der Waals surface area contributed by atoms with Crippen LogP contribution in [0, 0.1) is 6.92 Å². The summed E-state index contributed by atoms with van der Waals surface area (Å²) in [4.78, 5) is 20.1. The van der Waals surface area contributed by atoms with Crippen molar-refractivity contribution in [2.75, 3.05) is 5.32 Å². The van der Waals surface area contributed by atoms with Crippen molar-refractivity contribution in [2.45, 2.75) is 13.5 Å². The Kier molecular flexibility index (Phi) is 4.30. The van der Waals surface area contributed by atoms with Gasteiger partial charge in [0, 0.05) is 12.7 Å². The SMILES string of the molecule is Cc1cccc(CNc2ccc(-c3nc4cccc(C(=O)O)c4o3)cn2)c1. The minimum Gasteiger partial charge on any atom is -0.478 e. The van der Waals surface area contributed by atoms with E-state index in [1.165, 1.54) is 17.2 Å². The van der Waals surface area contributed by atoms with Crippen molar-refractivity contribution in [3.8, 4) is 11.5 Å². The highest BCUT2D eigenvalue weighted by Gasteiger charge is 2.15. The average molecular weight is 359 g/mol. The molecule has 4 aromatic rings. The van der Waals surface area contributed by atoms with Gasteiger partial charge in [-0.25, -0.2) is 14.8 Å². The maximum Gasteiger partial charge on any atom is 0.339 e. The number of aromatic carboxylic acids is 1. The monoisotopic (exact) mass is 359 g/mol. The first-order valence-corrected chi connectivity index (χ1v) is 8.49. The third kappa shape index (κ3) is 3.50. The van der Waals surface area contributed by atoms with Crippen molar-refractivity contribution in [1.29, 1.82) is 0 Å². The van der Waals surface area contributed by atoms with Crippen molar-refractivity contribution >= 4 is 22.9 Å². The molecule has 0 saturated carbocycles. The van der Waals surface area contributed by atoms with Crippen molar-refractivity contribution in [2.24, 2.45) is 0 Å². The molecule has 6 nitrogen and oxygen atoms in total. The third-order valence-corrected chi connectivity index (χ3v) is 4.21. The standard InChI is InChI=1S/C21H17N3O3/c1-13-4-2-5-14(10-13)11-22-18-9-8-15(12-23-18)20-24-17-7-3-6-16(21(25)26)19(17)27-20/h2-10,12H,11H2,1H3,(H,22,23)(H,25,26). The summed E-state index contributed by atoms with van der Waals surface area (Å²) in [6.45, 7) is 2.74. The Labute approximate surface area is 155 Å². The van der Waals surface area contributed by atoms with Crippen LogP contribution in [0.3, 0.4) is 0 Å². The van der Waals surface area contributed by atoms with Crippen LogP contribution in [0.1, 0.15) is 21.5 Å². The van der Waals surface area contributed by atoms with Gasteiger partial charge in [-0.1, -0.05) is 35.9 Å². The number of carbonyl (C=O) groups is 1. The highest BCUT2D eigenvalue weighted by atomic mass is 16.4. The van der Waals surface area contributed by atoms with Gasteiger partial charge in [0.05, 0.1) is 5.56 Å². The lowest BCUT2D eigenvalue weighted by Crippen LogP contribution is -2.01. The summed E-state index contributed by atoms with van der Waals surface area (Å²) in [5, 5.41) is 12.5. The van der Waals surface area contributed by atoms with Crippen LogP contribution in [0.25, 0.3) is 22.6 Å². The maximum atomic E-state index is 11.3. The first kappa shape index (κ1) is 16.8. The van der Waals surface area contributed by atoms with E-state index in [2.05, 4.69) is 40.4 Å². The lowest BCUT2D eigenvalue weighted by molar-refractivity contribution is 0.0698. The van der Waals surface area contributed by atoms with E-state index in [1.54, 1.807) is 18.3 Å². The molecule has 0 bridgehead atoms. The molecular formula is C21H17N3O3. The molecule has 6 heteroatoms. The molecule has 0 aliphatic heterocycles. The Bertz CT molecular complexity index is 1120. The maximum absolute atomic E-state index is 11.3. The van der Waals surface area contributed by atoms with E-state index < -0.39 is 5.97 Å². The predicted molar refractivity (Wildman–Crippen MR) is 103 cm³/mol. The second-order valence-corrected chi connectivity index (χ2v) is 6.25. The minimum absolute atomic E-state index is 0.0932. The molecule has 27 heavy (non-hydrogen) atoms. The van der Waals surface area contributed by atoms with E-state index in [0.29, 0.717) is 23.5 Å². The summed E-state index contributed by atoms with van der Waals surface area (Å²) < 4.78 is 5.68. The lowest BCUT2D eigenvalue weighted by atomic mass is 10.1. The summed E-state index contributed by atoms with van der Waals surface area (Å²) in [5.74, 6) is 0.0381. The number of nitrogens with zero attached hydrogens (tertiary/aromatic N) is 2. The summed E-state index contributed by atoms with van der Waals surface area (Å²) in [6.07, 6.45) is 1.66. The number of anilines is 1. The Balaban J connectivity index is 1.54. The zero-order chi connectivity index (χ0) is 18.8. The number of fused-ring (bicyclic) bond motifs is 1. The van der Waals surface area contributed by atoms with Crippen molar-refractivity contribution in [3.63, 3.8) is 0 Å². The molecule has 2 N–H and O–H groups in total. The second-order valence-electron chi connectivity index (χ2n) is 6.25. The number of hydrogen-bond acceptors (Lipinski definition) is 5. The molecule has 0 atom stereocenters. The van der Waals surface area contributed by atoms with Gasteiger partial charge in [-0.05, 0) is 36.8 Å². The molecule has 0 unspecified atom stereocenters. The van der Waals surface area contributed by atoms with Crippen molar-refractivity contribution < 1.29 is 14.3 Å². The van der Waals surface area contributed by atoms with Crippen molar-refractivity contribution in [1.82, 2.24) is 9.97 Å². The zero-order valence-electron chi connectivity index (χ0n) is 14.6. The van der Waals surface area contributed by atoms with E-state index in [9.17, 15) is 9.90 Å². The first-order chi connectivity index (χ1) is 13.1. The Hall–Kier alpha value is -3.67. The molecule has 0 spiro atoms. The summed E-state index contributed by atoms with van der Waals surface area (Å²) >= 11 is 0. The molecule has 2 aromatic heterocycles. The highest BCUT2D eigenvalue weighted by Crippen LogP contribution is 2.26. The predicted octanol–water partition coefficient (Wildman–Crippen LogP) is 4.51. The van der Waals surface area contributed by atoms with E-state index in [4.69, 9.17) is 4.42 Å². The number of aryl methyl sites for hydroxylation is 1. The van der Waals surface area contributed by atoms with Gasteiger partial charge >= 0.3 is 5.97 Å². The zero-order valence-corrected chi connectivity index (χ0v) is 14.6. The molecule has 0 aliphatic rings. The molecule has 0 fully saturated rings. The summed E-state index contributed by atoms with van der Waals surface area (Å²) in [6, 6.07) is 16.8. The molecule has 0 saturated heterocycles. The molecule has 2 aromatic carbocycles. The number of hydrogen-bond donors (Lipinski definition) is 2. The molecule has 134 valence electrons. The largest absolute Gasteiger partial charge is 0.478 e. The fourth-order valence-corrected chi connectivity index (χ4v) is 2.88. The number of para-hydroxylation sites is 1. The molecule has 4 rings (SSSR count). The normalized spacial score (nSPS) is 10.9. The lowest BCUT2D eigenvalue weighted by Gasteiger charge is -2.06. The fraction of sp³-hybridized carbons (Fsp3) is 0.0952. The van der Waals surface area contributed by atoms with Crippen LogP contribution in [0.15, 0.2) is 65.2 Å². The molecule has 0 radical (unpaired) electrons. The minimum atomic E-state index is -1.04. The number of carboxylic acid groups (broad SMARTS) is 1. The molecule has 2 heterocycles. The topological polar surface area (TPSA) is 88.2 Å². The van der Waals surface area contributed by atoms with Crippen LogP contribution in [-0.2, 0) is 6.54 Å².